The van der Waals surface area contributed by atoms with Gasteiger partial charge in [-0.3, -0.25) is 4.79 Å². The topological polar surface area (TPSA) is 58.4 Å². The van der Waals surface area contributed by atoms with Gasteiger partial charge in [-0.2, -0.15) is 0 Å². The van der Waals surface area contributed by atoms with Gasteiger partial charge in [-0.15, -0.1) is 0 Å². The molecule has 1 aromatic carbocycles. The smallest absolute Gasteiger partial charge is 0.222 e. The molecule has 0 unspecified atom stereocenters. The second kappa shape index (κ2) is 6.68. The number of carbonyl (C=O) groups excluding carboxylic acids is 1. The fourth-order valence-electron chi connectivity index (χ4n) is 2.46. The summed E-state index contributed by atoms with van der Waals surface area (Å²) in [5.74, 6) is 0.222. The molecule has 1 fully saturated rings. The molecule has 0 aromatic heterocycles. The fourth-order valence-corrected chi connectivity index (χ4v) is 2.46. The molecule has 0 spiro atoms. The van der Waals surface area contributed by atoms with Crippen LogP contribution in [0.15, 0.2) is 30.3 Å². The van der Waals surface area contributed by atoms with E-state index in [0.29, 0.717) is 18.9 Å². The number of hydrogen-bond donors (Lipinski definition) is 2. The second-order valence-electron chi connectivity index (χ2n) is 5.25. The summed E-state index contributed by atoms with van der Waals surface area (Å²) in [6.07, 6.45) is 1.24. The Morgan fingerprint density at radius 3 is 2.89 bits per heavy atom. The highest BCUT2D eigenvalue weighted by atomic mass is 16.2. The predicted octanol–water partition coefficient (Wildman–Crippen LogP) is 1.29. The average molecular weight is 261 g/mol. The monoisotopic (exact) mass is 261 g/mol. The zero-order chi connectivity index (χ0) is 13.7. The molecule has 1 aliphatic rings. The maximum atomic E-state index is 12.1. The molecule has 0 radical (unpaired) electrons. The summed E-state index contributed by atoms with van der Waals surface area (Å²) in [4.78, 5) is 14.1. The average Bonchev–Trinajstić information content (AvgIpc) is 2.45. The van der Waals surface area contributed by atoms with Crippen LogP contribution in [0.5, 0.6) is 0 Å². The zero-order valence-electron chi connectivity index (χ0n) is 11.5. The molecule has 4 nitrogen and oxygen atoms in total. The van der Waals surface area contributed by atoms with Gasteiger partial charge in [0.1, 0.15) is 0 Å². The lowest BCUT2D eigenvalue weighted by Gasteiger charge is -2.32. The number of rotatable bonds is 4. The minimum absolute atomic E-state index is 0.0505. The molecule has 1 aliphatic heterocycles. The van der Waals surface area contributed by atoms with E-state index in [9.17, 15) is 4.79 Å². The first kappa shape index (κ1) is 14.0. The van der Waals surface area contributed by atoms with Crippen LogP contribution in [0.25, 0.3) is 0 Å². The molecule has 2 rings (SSSR count). The number of benzene rings is 1. The van der Waals surface area contributed by atoms with E-state index in [1.807, 2.05) is 35.2 Å². The normalized spacial score (nSPS) is 21.2. The lowest BCUT2D eigenvalue weighted by atomic mass is 10.0. The van der Waals surface area contributed by atoms with Gasteiger partial charge in [0, 0.05) is 38.1 Å². The van der Waals surface area contributed by atoms with E-state index in [4.69, 9.17) is 5.73 Å². The number of carbonyl (C=O) groups is 1. The van der Waals surface area contributed by atoms with Crippen molar-refractivity contribution < 1.29 is 4.79 Å². The van der Waals surface area contributed by atoms with Crippen molar-refractivity contribution in [2.45, 2.75) is 31.8 Å². The first-order valence-electron chi connectivity index (χ1n) is 6.98. The third kappa shape index (κ3) is 4.04. The molecule has 2 atom stereocenters. The minimum Gasteiger partial charge on any atom is -0.340 e. The second-order valence-corrected chi connectivity index (χ2v) is 5.25. The number of nitrogens with zero attached hydrogens (tertiary/aromatic N) is 1. The van der Waals surface area contributed by atoms with Gasteiger partial charge >= 0.3 is 0 Å². The predicted molar refractivity (Wildman–Crippen MR) is 76.6 cm³/mol. The molecule has 104 valence electrons. The molecule has 4 heteroatoms. The fraction of sp³-hybridized carbons (Fsp3) is 0.533. The van der Waals surface area contributed by atoms with Crippen molar-refractivity contribution in [1.82, 2.24) is 10.2 Å². The van der Waals surface area contributed by atoms with Crippen molar-refractivity contribution in [2.24, 2.45) is 5.73 Å². The Bertz CT molecular complexity index is 407. The lowest BCUT2D eigenvalue weighted by molar-refractivity contribution is -0.132. The Labute approximate surface area is 115 Å². The Morgan fingerprint density at radius 2 is 2.21 bits per heavy atom. The van der Waals surface area contributed by atoms with E-state index in [-0.39, 0.29) is 11.9 Å². The van der Waals surface area contributed by atoms with Gasteiger partial charge in [-0.1, -0.05) is 30.3 Å². The van der Waals surface area contributed by atoms with Gasteiger partial charge in [0.25, 0.3) is 0 Å². The number of nitrogens with one attached hydrogen (secondary N) is 1. The molecule has 3 N–H and O–H groups in total. The highest BCUT2D eigenvalue weighted by Gasteiger charge is 2.20. The minimum atomic E-state index is -0.0505. The van der Waals surface area contributed by atoms with E-state index >= 15 is 0 Å². The summed E-state index contributed by atoms with van der Waals surface area (Å²) in [7, 11) is 0. The van der Waals surface area contributed by atoms with Gasteiger partial charge in [-0.25, -0.2) is 0 Å². The van der Waals surface area contributed by atoms with Crippen LogP contribution in [0, 0.1) is 0 Å². The third-order valence-corrected chi connectivity index (χ3v) is 3.62. The van der Waals surface area contributed by atoms with E-state index in [0.717, 1.165) is 25.2 Å². The Morgan fingerprint density at radius 1 is 1.47 bits per heavy atom. The molecule has 1 amide bonds. The van der Waals surface area contributed by atoms with Gasteiger partial charge in [0.05, 0.1) is 0 Å². The third-order valence-electron chi connectivity index (χ3n) is 3.62. The number of nitrogens with two attached hydrogens (primary N) is 1. The van der Waals surface area contributed by atoms with Crippen molar-refractivity contribution in [3.8, 4) is 0 Å². The summed E-state index contributed by atoms with van der Waals surface area (Å²) in [6.45, 7) is 4.61. The van der Waals surface area contributed by atoms with Crippen molar-refractivity contribution in [2.75, 3.05) is 19.6 Å². The van der Waals surface area contributed by atoms with Crippen molar-refractivity contribution in [1.29, 1.82) is 0 Å². The first-order chi connectivity index (χ1) is 9.16. The van der Waals surface area contributed by atoms with E-state index in [2.05, 4.69) is 12.2 Å². The van der Waals surface area contributed by atoms with Crippen molar-refractivity contribution in [3.63, 3.8) is 0 Å². The lowest BCUT2D eigenvalue weighted by Crippen LogP contribution is -2.51. The molecule has 0 aliphatic carbocycles. The molecule has 1 heterocycles. The van der Waals surface area contributed by atoms with E-state index in [1.54, 1.807) is 0 Å². The van der Waals surface area contributed by atoms with Gasteiger partial charge in [0.2, 0.25) is 5.91 Å². The van der Waals surface area contributed by atoms with Gasteiger partial charge in [-0.05, 0) is 18.9 Å². The molecule has 0 bridgehead atoms. The standard InChI is InChI=1S/C15H23N3O/c1-12-11-18(10-9-17-12)15(19)8-7-14(16)13-5-3-2-4-6-13/h2-6,12,14,17H,7-11,16H2,1H3/t12-,14-/m0/s1. The first-order valence-corrected chi connectivity index (χ1v) is 6.98. The summed E-state index contributed by atoms with van der Waals surface area (Å²) in [6, 6.07) is 10.3. The van der Waals surface area contributed by atoms with Crippen LogP contribution in [-0.2, 0) is 4.79 Å². The van der Waals surface area contributed by atoms with E-state index < -0.39 is 0 Å². The van der Waals surface area contributed by atoms with Crippen LogP contribution in [0.2, 0.25) is 0 Å². The molecule has 1 saturated heterocycles. The van der Waals surface area contributed by atoms with Crippen LogP contribution < -0.4 is 11.1 Å². The quantitative estimate of drug-likeness (QED) is 0.858. The Kier molecular flexibility index (Phi) is 4.93. The van der Waals surface area contributed by atoms with Crippen LogP contribution >= 0.6 is 0 Å². The van der Waals surface area contributed by atoms with Gasteiger partial charge < -0.3 is 16.0 Å². The highest BCUT2D eigenvalue weighted by molar-refractivity contribution is 5.76. The molecular formula is C15H23N3O. The molecule has 1 aromatic rings. The maximum absolute atomic E-state index is 12.1. The summed E-state index contributed by atoms with van der Waals surface area (Å²) >= 11 is 0. The number of amides is 1. The molecular weight excluding hydrogens is 238 g/mol. The largest absolute Gasteiger partial charge is 0.340 e. The maximum Gasteiger partial charge on any atom is 0.222 e. The number of hydrogen-bond acceptors (Lipinski definition) is 3. The van der Waals surface area contributed by atoms with E-state index in [1.165, 1.54) is 0 Å². The Hall–Kier alpha value is -1.39. The van der Waals surface area contributed by atoms with Crippen LogP contribution in [0.1, 0.15) is 31.4 Å². The summed E-state index contributed by atoms with van der Waals surface area (Å²) in [5.41, 5.74) is 7.22. The van der Waals surface area contributed by atoms with Gasteiger partial charge in [0.15, 0.2) is 0 Å². The van der Waals surface area contributed by atoms with Crippen LogP contribution in [0.4, 0.5) is 0 Å². The zero-order valence-corrected chi connectivity index (χ0v) is 11.5. The van der Waals surface area contributed by atoms with Crippen LogP contribution in [-0.4, -0.2) is 36.5 Å². The van der Waals surface area contributed by atoms with Crippen molar-refractivity contribution in [3.05, 3.63) is 35.9 Å². The number of piperazine rings is 1. The molecule has 0 saturated carbocycles. The molecule has 19 heavy (non-hydrogen) atoms. The highest BCUT2D eigenvalue weighted by Crippen LogP contribution is 2.16. The SMILES string of the molecule is C[C@H]1CN(C(=O)CC[C@H](N)c2ccccc2)CCN1. The summed E-state index contributed by atoms with van der Waals surface area (Å²) in [5, 5.41) is 3.34. The Balaban J connectivity index is 1.80. The van der Waals surface area contributed by atoms with Crippen LogP contribution in [0.3, 0.4) is 0 Å². The summed E-state index contributed by atoms with van der Waals surface area (Å²) < 4.78 is 0. The van der Waals surface area contributed by atoms with Crippen molar-refractivity contribution >= 4 is 5.91 Å².